The largest absolute Gasteiger partial charge is 0.487 e. The fraction of sp³-hybridized carbons (Fsp3) is 0.351. The number of benzene rings is 5. The highest BCUT2D eigenvalue weighted by Gasteiger charge is 2.38. The molecule has 1 saturated carbocycles. The van der Waals surface area contributed by atoms with Crippen molar-refractivity contribution >= 4 is 73.5 Å². The molecular formula is C57H59ClFN9O10S. The van der Waals surface area contributed by atoms with Gasteiger partial charge in [-0.3, -0.25) is 29.5 Å². The number of ether oxygens (including phenoxy) is 2. The second-order valence-corrected chi connectivity index (χ2v) is 23.1. The number of nitro benzene ring substituents is 1. The van der Waals surface area contributed by atoms with E-state index in [1.54, 1.807) is 34.3 Å². The molecule has 1 saturated heterocycles. The van der Waals surface area contributed by atoms with Gasteiger partial charge < -0.3 is 40.2 Å². The molecule has 0 spiro atoms. The molecule has 0 radical (unpaired) electrons. The Labute approximate surface area is 460 Å². The first-order chi connectivity index (χ1) is 37.6. The SMILES string of the molecule is Cc1c(C)c(S(=O)(=O)NC(N)=NCCC[C@H](NC(=O)OCC2c3ccccc3-c3ccccc32)C(=O)N2CCN(c3cc4c(cc3F)c(=O)c(C(=O)Nc3ccc([N+](=O)[O-])cc3Cl)cn4C3CC3)CC2)c(C)c2c1OC(C)(C)C2. The number of carbonyl (C=O) groups is 3. The molecule has 10 rings (SSSR count). The lowest BCUT2D eigenvalue weighted by Gasteiger charge is -2.38. The molecule has 79 heavy (non-hydrogen) atoms. The van der Waals surface area contributed by atoms with Crippen molar-refractivity contribution in [2.24, 2.45) is 10.7 Å². The molecule has 5 aromatic carbocycles. The van der Waals surface area contributed by atoms with E-state index in [1.807, 2.05) is 69.3 Å². The Morgan fingerprint density at radius 3 is 2.28 bits per heavy atom. The van der Waals surface area contributed by atoms with Crippen LogP contribution in [0.1, 0.15) is 95.2 Å². The maximum atomic E-state index is 16.3. The number of aromatic nitrogens is 1. The molecule has 0 unspecified atom stereocenters. The number of pyridine rings is 1. The lowest BCUT2D eigenvalue weighted by atomic mass is 9.94. The molecule has 5 N–H and O–H groups in total. The van der Waals surface area contributed by atoms with E-state index in [0.717, 1.165) is 58.4 Å². The minimum absolute atomic E-state index is 0.00499. The number of amides is 3. The van der Waals surface area contributed by atoms with Crippen LogP contribution in [0.4, 0.5) is 26.2 Å². The highest BCUT2D eigenvalue weighted by Crippen LogP contribution is 2.46. The summed E-state index contributed by atoms with van der Waals surface area (Å²) in [7, 11) is -4.18. The predicted octanol–water partition coefficient (Wildman–Crippen LogP) is 8.56. The lowest BCUT2D eigenvalue weighted by Crippen LogP contribution is -2.55. The number of nitrogens with zero attached hydrogens (tertiary/aromatic N) is 5. The summed E-state index contributed by atoms with van der Waals surface area (Å²) in [4.78, 5) is 74.1. The van der Waals surface area contributed by atoms with Crippen LogP contribution in [0.3, 0.4) is 0 Å². The number of sulfonamides is 1. The zero-order chi connectivity index (χ0) is 56.2. The fourth-order valence-electron chi connectivity index (χ4n) is 11.1. The Morgan fingerprint density at radius 1 is 0.962 bits per heavy atom. The molecule has 2 aliphatic heterocycles. The molecular weight excluding hydrogens is 1060 g/mol. The second-order valence-electron chi connectivity index (χ2n) is 21.1. The third kappa shape index (κ3) is 10.8. The molecule has 3 amide bonds. The van der Waals surface area contributed by atoms with Gasteiger partial charge in [0.1, 0.15) is 35.4 Å². The smallest absolute Gasteiger partial charge is 0.407 e. The summed E-state index contributed by atoms with van der Waals surface area (Å²) in [6, 6.07) is 20.9. The zero-order valence-electron chi connectivity index (χ0n) is 44.2. The number of rotatable bonds is 15. The van der Waals surface area contributed by atoms with Crippen LogP contribution in [0, 0.1) is 36.7 Å². The number of carbonyl (C=O) groups excluding carboxylic acids is 3. The average Bonchev–Trinajstić information content (AvgIpc) is 4.38. The molecule has 0 bridgehead atoms. The number of nitrogens with one attached hydrogen (secondary N) is 3. The number of hydrogen-bond donors (Lipinski definition) is 4. The number of hydrogen-bond acceptors (Lipinski definition) is 12. The van der Waals surface area contributed by atoms with Crippen LogP contribution >= 0.6 is 11.6 Å². The van der Waals surface area contributed by atoms with Crippen molar-refractivity contribution in [3.05, 3.63) is 155 Å². The number of halogens is 2. The monoisotopic (exact) mass is 1120 g/mol. The number of nitrogens with two attached hydrogens (primary N) is 1. The first-order valence-corrected chi connectivity index (χ1v) is 27.9. The molecule has 1 aromatic heterocycles. The van der Waals surface area contributed by atoms with Gasteiger partial charge >= 0.3 is 6.09 Å². The van der Waals surface area contributed by atoms with Gasteiger partial charge in [-0.25, -0.2) is 22.3 Å². The van der Waals surface area contributed by atoms with E-state index in [4.69, 9.17) is 26.8 Å². The van der Waals surface area contributed by atoms with Crippen molar-refractivity contribution in [3.63, 3.8) is 0 Å². The van der Waals surface area contributed by atoms with E-state index in [-0.39, 0.29) is 108 Å². The first-order valence-electron chi connectivity index (χ1n) is 26.0. The molecule has 2 fully saturated rings. The Hall–Kier alpha value is -8.04. The molecule has 3 heterocycles. The Bertz CT molecular complexity index is 3680. The minimum atomic E-state index is -4.18. The van der Waals surface area contributed by atoms with Crippen molar-refractivity contribution in [2.45, 2.75) is 95.2 Å². The molecule has 4 aliphatic rings. The molecule has 22 heteroatoms. The van der Waals surface area contributed by atoms with Crippen LogP contribution in [-0.2, 0) is 26.0 Å². The van der Waals surface area contributed by atoms with E-state index in [9.17, 15) is 37.7 Å². The first kappa shape index (κ1) is 54.3. The van der Waals surface area contributed by atoms with Crippen molar-refractivity contribution in [2.75, 3.05) is 49.5 Å². The van der Waals surface area contributed by atoms with Crippen LogP contribution in [0.5, 0.6) is 5.75 Å². The summed E-state index contributed by atoms with van der Waals surface area (Å²) in [5, 5.41) is 16.4. The van der Waals surface area contributed by atoms with Crippen molar-refractivity contribution < 1.29 is 41.6 Å². The number of alkyl carbamates (subject to hydrolysis) is 1. The standard InChI is InChI=1S/C57H59ClFN9O10S/c1-31-32(2)52(33(3)41-28-57(4,5)78-51(31)41)79(75,76)64-55(60)61-20-10-15-47(63-56(72)77-30-43-38-13-8-6-11-36(38)37-12-7-9-14-39(37)43)54(71)66-23-21-65(22-24-66)49-27-48-40(26-45(49)59)50(69)42(29-67(48)34-16-17-34)53(70)62-46-19-18-35(68(73)74)25-44(46)58/h6-9,11-14,18-19,25-27,29,34,43,47H,10,15-17,20-24,28,30H2,1-5H3,(H,62,70)(H,63,72)(H3,60,61,64)/t47-/m0/s1. The number of aliphatic imine (C=N–C) groups is 1. The van der Waals surface area contributed by atoms with E-state index < -0.39 is 55.7 Å². The Balaban J connectivity index is 0.837. The quantitative estimate of drug-likeness (QED) is 0.0248. The van der Waals surface area contributed by atoms with Crippen molar-refractivity contribution in [3.8, 4) is 16.9 Å². The maximum absolute atomic E-state index is 16.3. The number of piperazine rings is 1. The second kappa shape index (κ2) is 21.3. The minimum Gasteiger partial charge on any atom is -0.487 e. The van der Waals surface area contributed by atoms with Crippen molar-refractivity contribution in [1.82, 2.24) is 19.5 Å². The van der Waals surface area contributed by atoms with Crippen LogP contribution in [0.2, 0.25) is 5.02 Å². The van der Waals surface area contributed by atoms with E-state index in [0.29, 0.717) is 28.8 Å². The van der Waals surface area contributed by atoms with Crippen LogP contribution in [0.15, 0.2) is 99.7 Å². The highest BCUT2D eigenvalue weighted by atomic mass is 35.5. The van der Waals surface area contributed by atoms with Gasteiger partial charge in [-0.05, 0) is 117 Å². The average molecular weight is 1120 g/mol. The summed E-state index contributed by atoms with van der Waals surface area (Å²) in [6.45, 7) is 9.84. The van der Waals surface area contributed by atoms with Crippen LogP contribution in [0.25, 0.3) is 22.0 Å². The van der Waals surface area contributed by atoms with Gasteiger partial charge in [-0.15, -0.1) is 0 Å². The topological polar surface area (TPSA) is 250 Å². The van der Waals surface area contributed by atoms with Gasteiger partial charge in [0.15, 0.2) is 0 Å². The van der Waals surface area contributed by atoms with Gasteiger partial charge in [-0.2, -0.15) is 0 Å². The maximum Gasteiger partial charge on any atom is 0.407 e. The lowest BCUT2D eigenvalue weighted by molar-refractivity contribution is -0.384. The summed E-state index contributed by atoms with van der Waals surface area (Å²) in [6.07, 6.45) is 2.95. The fourth-order valence-corrected chi connectivity index (χ4v) is 12.9. The Morgan fingerprint density at radius 2 is 1.63 bits per heavy atom. The van der Waals surface area contributed by atoms with Gasteiger partial charge in [0.2, 0.25) is 17.3 Å². The van der Waals surface area contributed by atoms with E-state index in [1.165, 1.54) is 18.3 Å². The molecule has 412 valence electrons. The highest BCUT2D eigenvalue weighted by molar-refractivity contribution is 7.90. The number of nitro groups is 1. The summed E-state index contributed by atoms with van der Waals surface area (Å²) >= 11 is 6.23. The number of guanidine groups is 1. The van der Waals surface area contributed by atoms with E-state index >= 15 is 4.39 Å². The third-order valence-electron chi connectivity index (χ3n) is 15.3. The number of non-ortho nitro benzene ring substituents is 1. The summed E-state index contributed by atoms with van der Waals surface area (Å²) in [5.41, 5.74) is 11.9. The van der Waals surface area contributed by atoms with Gasteiger partial charge in [-0.1, -0.05) is 60.1 Å². The molecule has 2 aliphatic carbocycles. The Kier molecular flexibility index (Phi) is 14.7. The normalized spacial score (nSPS) is 16.2. The molecule has 6 aromatic rings. The van der Waals surface area contributed by atoms with Crippen LogP contribution < -0.4 is 36.2 Å². The molecule has 1 atom stereocenters. The summed E-state index contributed by atoms with van der Waals surface area (Å²) < 4.78 is 60.3. The van der Waals surface area contributed by atoms with Gasteiger partial charge in [0, 0.05) is 80.4 Å². The predicted molar refractivity (Wildman–Crippen MR) is 298 cm³/mol. The number of anilines is 2. The summed E-state index contributed by atoms with van der Waals surface area (Å²) in [5.74, 6) is -1.84. The van der Waals surface area contributed by atoms with E-state index in [2.05, 4.69) is 20.3 Å². The van der Waals surface area contributed by atoms with Crippen LogP contribution in [-0.4, -0.2) is 97.6 Å². The third-order valence-corrected chi connectivity index (χ3v) is 17.2. The molecule has 19 nitrogen and oxygen atoms in total. The number of fused-ring (bicyclic) bond motifs is 5. The van der Waals surface area contributed by atoms with Gasteiger partial charge in [0.05, 0.1) is 31.7 Å². The van der Waals surface area contributed by atoms with Crippen molar-refractivity contribution in [1.29, 1.82) is 0 Å². The zero-order valence-corrected chi connectivity index (χ0v) is 45.7. The van der Waals surface area contributed by atoms with Gasteiger partial charge in [0.25, 0.3) is 21.6 Å².